The first kappa shape index (κ1) is 12.9. The van der Waals surface area contributed by atoms with Gasteiger partial charge < -0.3 is 5.32 Å². The molecule has 1 aromatic carbocycles. The quantitative estimate of drug-likeness (QED) is 0.860. The summed E-state index contributed by atoms with van der Waals surface area (Å²) in [6.07, 6.45) is 1.18. The summed E-state index contributed by atoms with van der Waals surface area (Å²) in [4.78, 5) is 4.56. The van der Waals surface area contributed by atoms with E-state index in [9.17, 15) is 0 Å². The molecule has 1 unspecified atom stereocenters. The Kier molecular flexibility index (Phi) is 3.85. The minimum absolute atomic E-state index is 0.482. The van der Waals surface area contributed by atoms with E-state index in [2.05, 4.69) is 55.3 Å². The summed E-state index contributed by atoms with van der Waals surface area (Å²) in [6, 6.07) is 10.9. The average molecular weight is 242 g/mol. The smallest absolute Gasteiger partial charge is 0.0725 e. The number of nitrogens with zero attached hydrogens (tertiary/aromatic N) is 1. The van der Waals surface area contributed by atoms with E-state index < -0.39 is 0 Å². The van der Waals surface area contributed by atoms with Crippen LogP contribution in [-0.2, 0) is 0 Å². The van der Waals surface area contributed by atoms with Crippen molar-refractivity contribution < 1.29 is 0 Å². The molecule has 1 heterocycles. The Balaban J connectivity index is 2.32. The summed E-state index contributed by atoms with van der Waals surface area (Å²) in [7, 11) is 0. The molecule has 2 nitrogen and oxygen atoms in total. The Labute approximate surface area is 109 Å². The van der Waals surface area contributed by atoms with Crippen molar-refractivity contribution in [3.05, 3.63) is 36.0 Å². The highest BCUT2D eigenvalue weighted by Crippen LogP contribution is 2.24. The van der Waals surface area contributed by atoms with Crippen LogP contribution in [0.25, 0.3) is 10.9 Å². The van der Waals surface area contributed by atoms with Gasteiger partial charge in [0.2, 0.25) is 0 Å². The third kappa shape index (κ3) is 3.00. The SMILES string of the molecule is Cc1cc(NC(C)CC(C)C)c2ccccc2n1. The van der Waals surface area contributed by atoms with Crippen LogP contribution in [0.5, 0.6) is 0 Å². The van der Waals surface area contributed by atoms with Crippen molar-refractivity contribution in [3.8, 4) is 0 Å². The summed E-state index contributed by atoms with van der Waals surface area (Å²) in [5.74, 6) is 0.710. The van der Waals surface area contributed by atoms with Gasteiger partial charge in [-0.1, -0.05) is 32.0 Å². The second kappa shape index (κ2) is 5.38. The molecular weight excluding hydrogens is 220 g/mol. The number of hydrogen-bond donors (Lipinski definition) is 1. The molecule has 0 bridgehead atoms. The van der Waals surface area contributed by atoms with E-state index in [4.69, 9.17) is 0 Å². The fourth-order valence-electron chi connectivity index (χ4n) is 2.46. The number of nitrogens with one attached hydrogen (secondary N) is 1. The lowest BCUT2D eigenvalue weighted by molar-refractivity contribution is 0.540. The summed E-state index contributed by atoms with van der Waals surface area (Å²) < 4.78 is 0. The molecule has 0 aliphatic heterocycles. The zero-order valence-corrected chi connectivity index (χ0v) is 11.7. The number of rotatable bonds is 4. The third-order valence-corrected chi connectivity index (χ3v) is 3.07. The van der Waals surface area contributed by atoms with Gasteiger partial charge in [-0.25, -0.2) is 0 Å². The lowest BCUT2D eigenvalue weighted by Gasteiger charge is -2.19. The number of aromatic nitrogens is 1. The first-order valence-corrected chi connectivity index (χ1v) is 6.69. The topological polar surface area (TPSA) is 24.9 Å². The molecule has 0 saturated carbocycles. The Bertz CT molecular complexity index is 532. The van der Waals surface area contributed by atoms with Gasteiger partial charge >= 0.3 is 0 Å². The normalized spacial score (nSPS) is 12.9. The third-order valence-electron chi connectivity index (χ3n) is 3.07. The Morgan fingerprint density at radius 3 is 2.61 bits per heavy atom. The van der Waals surface area contributed by atoms with Crippen LogP contribution in [0.1, 0.15) is 32.9 Å². The maximum Gasteiger partial charge on any atom is 0.0725 e. The van der Waals surface area contributed by atoms with Gasteiger partial charge in [-0.05, 0) is 38.3 Å². The molecule has 18 heavy (non-hydrogen) atoms. The van der Waals surface area contributed by atoms with Gasteiger partial charge in [-0.2, -0.15) is 0 Å². The molecule has 96 valence electrons. The Morgan fingerprint density at radius 1 is 1.17 bits per heavy atom. The number of aryl methyl sites for hydroxylation is 1. The van der Waals surface area contributed by atoms with E-state index in [-0.39, 0.29) is 0 Å². The van der Waals surface area contributed by atoms with E-state index in [0.717, 1.165) is 11.2 Å². The number of para-hydroxylation sites is 1. The Morgan fingerprint density at radius 2 is 1.89 bits per heavy atom. The lowest BCUT2D eigenvalue weighted by atomic mass is 10.0. The van der Waals surface area contributed by atoms with Crippen LogP contribution in [0.3, 0.4) is 0 Å². The Hall–Kier alpha value is -1.57. The van der Waals surface area contributed by atoms with E-state index in [0.29, 0.717) is 12.0 Å². The molecule has 1 atom stereocenters. The van der Waals surface area contributed by atoms with Gasteiger partial charge in [0, 0.05) is 22.8 Å². The van der Waals surface area contributed by atoms with Crippen LogP contribution in [0.2, 0.25) is 0 Å². The monoisotopic (exact) mass is 242 g/mol. The van der Waals surface area contributed by atoms with E-state index in [1.54, 1.807) is 0 Å². The van der Waals surface area contributed by atoms with Crippen LogP contribution in [0, 0.1) is 12.8 Å². The molecule has 2 aromatic rings. The van der Waals surface area contributed by atoms with Gasteiger partial charge in [-0.3, -0.25) is 4.98 Å². The van der Waals surface area contributed by atoms with E-state index in [1.807, 2.05) is 13.0 Å². The molecule has 2 heteroatoms. The summed E-state index contributed by atoms with van der Waals surface area (Å²) in [6.45, 7) is 8.80. The molecule has 0 fully saturated rings. The molecule has 0 radical (unpaired) electrons. The maximum absolute atomic E-state index is 4.56. The van der Waals surface area contributed by atoms with Crippen LogP contribution in [0.4, 0.5) is 5.69 Å². The van der Waals surface area contributed by atoms with Gasteiger partial charge in [-0.15, -0.1) is 0 Å². The first-order chi connectivity index (χ1) is 8.56. The molecule has 0 spiro atoms. The van der Waals surface area contributed by atoms with Crippen LogP contribution in [-0.4, -0.2) is 11.0 Å². The van der Waals surface area contributed by atoms with E-state index >= 15 is 0 Å². The molecule has 1 aromatic heterocycles. The van der Waals surface area contributed by atoms with Crippen molar-refractivity contribution in [3.63, 3.8) is 0 Å². The number of benzene rings is 1. The molecular formula is C16H22N2. The second-order valence-electron chi connectivity index (χ2n) is 5.50. The van der Waals surface area contributed by atoms with E-state index in [1.165, 1.54) is 17.5 Å². The highest BCUT2D eigenvalue weighted by atomic mass is 14.9. The number of pyridine rings is 1. The lowest BCUT2D eigenvalue weighted by Crippen LogP contribution is -2.17. The van der Waals surface area contributed by atoms with Gasteiger partial charge in [0.15, 0.2) is 0 Å². The number of hydrogen-bond acceptors (Lipinski definition) is 2. The number of fused-ring (bicyclic) bond motifs is 1. The van der Waals surface area contributed by atoms with Crippen molar-refractivity contribution in [2.24, 2.45) is 5.92 Å². The van der Waals surface area contributed by atoms with Crippen molar-refractivity contribution >= 4 is 16.6 Å². The van der Waals surface area contributed by atoms with Crippen molar-refractivity contribution in [2.45, 2.75) is 40.2 Å². The zero-order valence-electron chi connectivity index (χ0n) is 11.7. The fraction of sp³-hybridized carbons (Fsp3) is 0.438. The standard InChI is InChI=1S/C16H22N2/c1-11(2)9-12(3)18-16-10-13(4)17-15-8-6-5-7-14(15)16/h5-8,10-12H,9H2,1-4H3,(H,17,18). The molecule has 1 N–H and O–H groups in total. The highest BCUT2D eigenvalue weighted by molar-refractivity contribution is 5.91. The van der Waals surface area contributed by atoms with Gasteiger partial charge in [0.1, 0.15) is 0 Å². The first-order valence-electron chi connectivity index (χ1n) is 6.69. The molecule has 0 amide bonds. The predicted octanol–water partition coefficient (Wildman–Crippen LogP) is 4.39. The largest absolute Gasteiger partial charge is 0.382 e. The van der Waals surface area contributed by atoms with Crippen molar-refractivity contribution in [1.82, 2.24) is 4.98 Å². The predicted molar refractivity (Wildman–Crippen MR) is 79.0 cm³/mol. The maximum atomic E-state index is 4.56. The number of anilines is 1. The van der Waals surface area contributed by atoms with Crippen molar-refractivity contribution in [1.29, 1.82) is 0 Å². The van der Waals surface area contributed by atoms with Crippen LogP contribution in [0.15, 0.2) is 30.3 Å². The molecule has 2 rings (SSSR count). The van der Waals surface area contributed by atoms with Gasteiger partial charge in [0.05, 0.1) is 5.52 Å². The summed E-state index contributed by atoms with van der Waals surface area (Å²) >= 11 is 0. The molecule has 0 aliphatic rings. The minimum Gasteiger partial charge on any atom is -0.382 e. The van der Waals surface area contributed by atoms with Crippen LogP contribution >= 0.6 is 0 Å². The minimum atomic E-state index is 0.482. The summed E-state index contributed by atoms with van der Waals surface area (Å²) in [5, 5.41) is 4.82. The fourth-order valence-corrected chi connectivity index (χ4v) is 2.46. The highest BCUT2D eigenvalue weighted by Gasteiger charge is 2.08. The second-order valence-corrected chi connectivity index (χ2v) is 5.50. The zero-order chi connectivity index (χ0) is 13.1. The molecule has 0 aliphatic carbocycles. The molecule has 0 saturated heterocycles. The van der Waals surface area contributed by atoms with Crippen molar-refractivity contribution in [2.75, 3.05) is 5.32 Å². The van der Waals surface area contributed by atoms with Crippen LogP contribution < -0.4 is 5.32 Å². The average Bonchev–Trinajstić information content (AvgIpc) is 2.27. The van der Waals surface area contributed by atoms with Gasteiger partial charge in [0.25, 0.3) is 0 Å². The summed E-state index contributed by atoms with van der Waals surface area (Å²) in [5.41, 5.74) is 3.33.